The molecule has 2 heterocycles. The first-order valence-corrected chi connectivity index (χ1v) is 11.1. The minimum Gasteiger partial charge on any atom is -0.494 e. The number of nitrogens with zero attached hydrogens (tertiary/aromatic N) is 2. The molecule has 2 aromatic carbocycles. The number of ether oxygens (including phenoxy) is 2. The fourth-order valence-electron chi connectivity index (χ4n) is 3.26. The number of hydrogen-bond donors (Lipinski definition) is 2. The van der Waals surface area contributed by atoms with Gasteiger partial charge >= 0.3 is 5.97 Å². The summed E-state index contributed by atoms with van der Waals surface area (Å²) >= 11 is 0. The molecule has 2 N–H and O–H groups in total. The number of imidazole rings is 1. The van der Waals surface area contributed by atoms with Gasteiger partial charge in [-0.3, -0.25) is 9.78 Å². The van der Waals surface area contributed by atoms with Crippen LogP contribution in [0.1, 0.15) is 20.8 Å². The molecule has 0 unspecified atom stereocenters. The Morgan fingerprint density at radius 1 is 0.853 bits per heavy atom. The summed E-state index contributed by atoms with van der Waals surface area (Å²) in [5.41, 5.74) is 3.64. The molecule has 0 atom stereocenters. The van der Waals surface area contributed by atoms with Gasteiger partial charge in [0.25, 0.3) is 0 Å². The van der Waals surface area contributed by atoms with Crippen LogP contribution in [0.2, 0.25) is 0 Å². The number of benzene rings is 2. The third-order valence-electron chi connectivity index (χ3n) is 5.42. The van der Waals surface area contributed by atoms with E-state index in [2.05, 4.69) is 15.0 Å². The highest BCUT2D eigenvalue weighted by molar-refractivity contribution is 5.73. The van der Waals surface area contributed by atoms with Gasteiger partial charge in [0.05, 0.1) is 29.6 Å². The van der Waals surface area contributed by atoms with Gasteiger partial charge in [-0.2, -0.15) is 0 Å². The highest BCUT2D eigenvalue weighted by Gasteiger charge is 2.28. The van der Waals surface area contributed by atoms with Gasteiger partial charge in [-0.1, -0.05) is 0 Å². The van der Waals surface area contributed by atoms with Gasteiger partial charge < -0.3 is 19.6 Å². The fourth-order valence-corrected chi connectivity index (χ4v) is 3.26. The van der Waals surface area contributed by atoms with E-state index in [1.807, 2.05) is 73.8 Å². The van der Waals surface area contributed by atoms with E-state index in [4.69, 9.17) is 9.47 Å². The van der Waals surface area contributed by atoms with Gasteiger partial charge in [-0.25, -0.2) is 4.98 Å². The zero-order valence-corrected chi connectivity index (χ0v) is 19.4. The number of H-pyrrole nitrogens is 1. The first-order chi connectivity index (χ1) is 16.4. The molecular weight excluding hydrogens is 430 g/mol. The van der Waals surface area contributed by atoms with Gasteiger partial charge in [-0.15, -0.1) is 0 Å². The van der Waals surface area contributed by atoms with Crippen molar-refractivity contribution in [3.63, 3.8) is 0 Å². The molecule has 7 heteroatoms. The van der Waals surface area contributed by atoms with Crippen LogP contribution in [0.3, 0.4) is 0 Å². The van der Waals surface area contributed by atoms with Crippen molar-refractivity contribution in [1.29, 1.82) is 0 Å². The number of carboxylic acids is 1. The predicted molar refractivity (Wildman–Crippen MR) is 131 cm³/mol. The smallest absolute Gasteiger partial charge is 0.312 e. The molecule has 0 amide bonds. The number of hydrogen-bond acceptors (Lipinski definition) is 5. The maximum Gasteiger partial charge on any atom is 0.312 e. The minimum absolute atomic E-state index is 0.0937. The van der Waals surface area contributed by atoms with E-state index in [-0.39, 0.29) is 6.61 Å². The van der Waals surface area contributed by atoms with Crippen molar-refractivity contribution < 1.29 is 19.4 Å². The van der Waals surface area contributed by atoms with Crippen molar-refractivity contribution in [2.45, 2.75) is 20.8 Å². The Hall–Kier alpha value is -4.13. The Bertz CT molecular complexity index is 1240. The van der Waals surface area contributed by atoms with Crippen LogP contribution in [0.5, 0.6) is 11.5 Å². The Labute approximate surface area is 198 Å². The summed E-state index contributed by atoms with van der Waals surface area (Å²) in [6.45, 7) is 5.96. The molecule has 7 nitrogen and oxygen atoms in total. The predicted octanol–water partition coefficient (Wildman–Crippen LogP) is 5.69. The molecule has 2 aromatic heterocycles. The largest absolute Gasteiger partial charge is 0.494 e. The molecule has 0 aliphatic rings. The lowest BCUT2D eigenvalue weighted by atomic mass is 9.95. The molecule has 0 saturated heterocycles. The maximum atomic E-state index is 11.2. The van der Waals surface area contributed by atoms with Crippen LogP contribution in [0.4, 0.5) is 0 Å². The molecule has 0 aliphatic heterocycles. The van der Waals surface area contributed by atoms with E-state index < -0.39 is 11.4 Å². The van der Waals surface area contributed by atoms with Crippen LogP contribution in [0.25, 0.3) is 33.9 Å². The number of pyridine rings is 1. The van der Waals surface area contributed by atoms with E-state index in [0.717, 1.165) is 39.7 Å². The number of aliphatic carboxylic acids is 1. The van der Waals surface area contributed by atoms with Crippen LogP contribution in [0, 0.1) is 5.41 Å². The lowest BCUT2D eigenvalue weighted by Gasteiger charge is -2.19. The summed E-state index contributed by atoms with van der Waals surface area (Å²) in [5.74, 6) is 1.31. The molecule has 0 spiro atoms. The summed E-state index contributed by atoms with van der Waals surface area (Å²) in [7, 11) is 0. The van der Waals surface area contributed by atoms with Crippen molar-refractivity contribution in [2.75, 3.05) is 13.2 Å². The molecule has 0 saturated carbocycles. The number of carbonyl (C=O) groups is 1. The molecule has 4 rings (SSSR count). The standard InChI is InChI=1S/C27H27N3O4/c1-4-33-21-10-7-19(8-11-21)24-16-29-25(30-24)20-9-14-23(28-15-20)18-5-12-22(13-6-18)34-17-27(2,3)26(31)32/h5-16H,4,17H2,1-3H3,(H,29,30)(H,31,32). The summed E-state index contributed by atoms with van der Waals surface area (Å²) < 4.78 is 11.1. The molecule has 0 radical (unpaired) electrons. The highest BCUT2D eigenvalue weighted by atomic mass is 16.5. The van der Waals surface area contributed by atoms with Gasteiger partial charge in [0.1, 0.15) is 23.9 Å². The molecule has 0 fully saturated rings. The lowest BCUT2D eigenvalue weighted by Crippen LogP contribution is -2.30. The van der Waals surface area contributed by atoms with E-state index in [1.54, 1.807) is 20.0 Å². The van der Waals surface area contributed by atoms with Gasteiger partial charge in [0.2, 0.25) is 0 Å². The van der Waals surface area contributed by atoms with Crippen molar-refractivity contribution in [3.05, 3.63) is 73.1 Å². The molecular formula is C27H27N3O4. The molecule has 34 heavy (non-hydrogen) atoms. The Morgan fingerprint density at radius 2 is 1.47 bits per heavy atom. The average Bonchev–Trinajstić information content (AvgIpc) is 3.34. The number of nitrogens with one attached hydrogen (secondary N) is 1. The quantitative estimate of drug-likeness (QED) is 0.335. The summed E-state index contributed by atoms with van der Waals surface area (Å²) in [6.07, 6.45) is 3.60. The minimum atomic E-state index is -0.950. The SMILES string of the molecule is CCOc1ccc(-c2cnc(-c3ccc(-c4ccc(OCC(C)(C)C(=O)O)cc4)nc3)[nH]2)cc1. The second-order valence-corrected chi connectivity index (χ2v) is 8.54. The number of rotatable bonds is 9. The Balaban J connectivity index is 1.43. The fraction of sp³-hybridized carbons (Fsp3) is 0.222. The first kappa shape index (κ1) is 23.0. The second-order valence-electron chi connectivity index (χ2n) is 8.54. The molecule has 0 bridgehead atoms. The second kappa shape index (κ2) is 9.79. The van der Waals surface area contributed by atoms with Gasteiger partial charge in [0, 0.05) is 17.3 Å². The van der Waals surface area contributed by atoms with Crippen molar-refractivity contribution in [2.24, 2.45) is 5.41 Å². The van der Waals surface area contributed by atoms with E-state index in [0.29, 0.717) is 12.4 Å². The van der Waals surface area contributed by atoms with Crippen molar-refractivity contribution in [1.82, 2.24) is 15.0 Å². The molecule has 0 aliphatic carbocycles. The van der Waals surface area contributed by atoms with Crippen LogP contribution in [-0.2, 0) is 4.79 Å². The summed E-state index contributed by atoms with van der Waals surface area (Å²) in [6, 6.07) is 19.2. The number of aromatic nitrogens is 3. The first-order valence-electron chi connectivity index (χ1n) is 11.1. The maximum absolute atomic E-state index is 11.2. The van der Waals surface area contributed by atoms with E-state index in [9.17, 15) is 9.90 Å². The zero-order chi connectivity index (χ0) is 24.1. The third-order valence-corrected chi connectivity index (χ3v) is 5.42. The lowest BCUT2D eigenvalue weighted by molar-refractivity contribution is -0.148. The van der Waals surface area contributed by atoms with E-state index >= 15 is 0 Å². The van der Waals surface area contributed by atoms with Crippen LogP contribution >= 0.6 is 0 Å². The summed E-state index contributed by atoms with van der Waals surface area (Å²) in [4.78, 5) is 23.7. The third kappa shape index (κ3) is 5.26. The monoisotopic (exact) mass is 457 g/mol. The topological polar surface area (TPSA) is 97.3 Å². The van der Waals surface area contributed by atoms with E-state index in [1.165, 1.54) is 0 Å². The van der Waals surface area contributed by atoms with Gasteiger partial charge in [-0.05, 0) is 87.0 Å². The van der Waals surface area contributed by atoms with Gasteiger partial charge in [0.15, 0.2) is 0 Å². The van der Waals surface area contributed by atoms with Crippen LogP contribution in [-0.4, -0.2) is 39.2 Å². The number of aromatic amines is 1. The normalized spacial score (nSPS) is 11.3. The molecule has 174 valence electrons. The zero-order valence-electron chi connectivity index (χ0n) is 19.4. The van der Waals surface area contributed by atoms with Crippen molar-refractivity contribution >= 4 is 5.97 Å². The Kier molecular flexibility index (Phi) is 6.63. The van der Waals surface area contributed by atoms with Crippen LogP contribution in [0.15, 0.2) is 73.1 Å². The Morgan fingerprint density at radius 3 is 2.06 bits per heavy atom. The van der Waals surface area contributed by atoms with Crippen LogP contribution < -0.4 is 9.47 Å². The average molecular weight is 458 g/mol. The highest BCUT2D eigenvalue weighted by Crippen LogP contribution is 2.27. The van der Waals surface area contributed by atoms with Crippen molar-refractivity contribution in [3.8, 4) is 45.4 Å². The summed E-state index contributed by atoms with van der Waals surface area (Å²) in [5, 5.41) is 9.20. The molecule has 4 aromatic rings. The number of carboxylic acid groups (broad SMARTS) is 1.